The molecule has 0 saturated carbocycles. The molecule has 0 aliphatic rings. The van der Waals surface area contributed by atoms with Crippen LogP contribution >= 0.6 is 27.3 Å². The highest BCUT2D eigenvalue weighted by Gasteiger charge is 2.17. The molecule has 0 radical (unpaired) electrons. The summed E-state index contributed by atoms with van der Waals surface area (Å²) in [6.07, 6.45) is 1.53. The Balaban J connectivity index is 2.08. The summed E-state index contributed by atoms with van der Waals surface area (Å²) < 4.78 is 19.6. The van der Waals surface area contributed by atoms with Gasteiger partial charge in [-0.1, -0.05) is 20.8 Å². The highest BCUT2D eigenvalue weighted by Crippen LogP contribution is 2.28. The van der Waals surface area contributed by atoms with Crippen molar-refractivity contribution in [2.45, 2.75) is 39.5 Å². The van der Waals surface area contributed by atoms with E-state index >= 15 is 0 Å². The number of carbonyl (C=O) groups excluding carboxylic acids is 1. The van der Waals surface area contributed by atoms with Gasteiger partial charge in [-0.2, -0.15) is 5.10 Å². The monoisotopic (exact) mass is 441 g/mol. The Bertz CT molecular complexity index is 815. The van der Waals surface area contributed by atoms with Crippen LogP contribution in [0.3, 0.4) is 0 Å². The zero-order valence-electron chi connectivity index (χ0n) is 15.1. The van der Waals surface area contributed by atoms with Crippen LogP contribution in [-0.4, -0.2) is 23.8 Å². The summed E-state index contributed by atoms with van der Waals surface area (Å²) in [5, 5.41) is 6.34. The summed E-state index contributed by atoms with van der Waals surface area (Å²) in [6, 6.07) is 3.56. The number of rotatable bonds is 6. The van der Waals surface area contributed by atoms with E-state index in [0.717, 1.165) is 5.56 Å². The van der Waals surface area contributed by atoms with Crippen molar-refractivity contribution in [2.75, 3.05) is 12.0 Å². The van der Waals surface area contributed by atoms with Gasteiger partial charge in [0.2, 0.25) is 5.13 Å². The molecule has 0 saturated heterocycles. The third-order valence-corrected chi connectivity index (χ3v) is 4.84. The predicted octanol–water partition coefficient (Wildman–Crippen LogP) is 4.89. The van der Waals surface area contributed by atoms with Crippen LogP contribution in [0, 0.1) is 5.82 Å². The fraction of sp³-hybridized carbons (Fsp3) is 0.389. The lowest BCUT2D eigenvalue weighted by atomic mass is 9.86. The zero-order chi connectivity index (χ0) is 19.3. The van der Waals surface area contributed by atoms with Crippen molar-refractivity contribution < 1.29 is 13.9 Å². The maximum Gasteiger partial charge on any atom is 0.311 e. The minimum absolute atomic E-state index is 0.108. The van der Waals surface area contributed by atoms with E-state index in [4.69, 9.17) is 4.74 Å². The Morgan fingerprint density at radius 2 is 2.19 bits per heavy atom. The molecule has 0 aliphatic carbocycles. The normalized spacial score (nSPS) is 11.8. The largest absolute Gasteiger partial charge is 0.466 e. The maximum atomic E-state index is 14.3. The summed E-state index contributed by atoms with van der Waals surface area (Å²) in [5.74, 6) is -0.690. The SMILES string of the molecule is CCOC(=O)Cc1csc(NN=Cc2cc(C(C)(C)C)cc(Br)c2F)n1. The second kappa shape index (κ2) is 8.73. The van der Waals surface area contributed by atoms with E-state index in [1.165, 1.54) is 17.6 Å². The Labute approximate surface area is 164 Å². The van der Waals surface area contributed by atoms with Crippen molar-refractivity contribution in [3.63, 3.8) is 0 Å². The van der Waals surface area contributed by atoms with Crippen LogP contribution in [-0.2, 0) is 21.4 Å². The summed E-state index contributed by atoms with van der Waals surface area (Å²) in [6.45, 7) is 8.28. The quantitative estimate of drug-likeness (QED) is 0.393. The number of thiazole rings is 1. The molecule has 0 unspecified atom stereocenters. The van der Waals surface area contributed by atoms with E-state index in [9.17, 15) is 9.18 Å². The number of aromatic nitrogens is 1. The molecule has 2 aromatic rings. The molecule has 0 amide bonds. The molecular weight excluding hydrogens is 421 g/mol. The number of hydrazone groups is 1. The number of esters is 1. The number of anilines is 1. The number of ether oxygens (including phenoxy) is 1. The lowest BCUT2D eigenvalue weighted by Gasteiger charge is -2.20. The smallest absolute Gasteiger partial charge is 0.311 e. The van der Waals surface area contributed by atoms with Crippen molar-refractivity contribution in [1.82, 2.24) is 4.98 Å². The van der Waals surface area contributed by atoms with Gasteiger partial charge >= 0.3 is 5.97 Å². The Hall–Kier alpha value is -1.80. The second-order valence-corrected chi connectivity index (χ2v) is 8.32. The fourth-order valence-corrected chi connectivity index (χ4v) is 3.23. The van der Waals surface area contributed by atoms with Crippen LogP contribution < -0.4 is 5.43 Å². The van der Waals surface area contributed by atoms with Crippen molar-refractivity contribution in [3.05, 3.63) is 44.6 Å². The Morgan fingerprint density at radius 3 is 2.85 bits per heavy atom. The van der Waals surface area contributed by atoms with E-state index in [0.29, 0.717) is 27.5 Å². The molecule has 0 atom stereocenters. The molecule has 1 heterocycles. The molecule has 5 nitrogen and oxygen atoms in total. The number of carbonyl (C=O) groups is 1. The van der Waals surface area contributed by atoms with Gasteiger partial charge in [0, 0.05) is 10.9 Å². The summed E-state index contributed by atoms with van der Waals surface area (Å²) in [4.78, 5) is 15.7. The van der Waals surface area contributed by atoms with Crippen molar-refractivity contribution in [1.29, 1.82) is 0 Å². The number of nitrogens with zero attached hydrogens (tertiary/aromatic N) is 2. The molecule has 26 heavy (non-hydrogen) atoms. The lowest BCUT2D eigenvalue weighted by Crippen LogP contribution is -2.12. The standard InChI is InChI=1S/C18H21BrFN3O2S/c1-5-25-15(24)8-13-10-26-17(22-13)23-21-9-11-6-12(18(2,3)4)7-14(19)16(11)20/h6-7,9-10H,5,8H2,1-4H3,(H,22,23). The third-order valence-electron chi connectivity index (χ3n) is 3.47. The minimum Gasteiger partial charge on any atom is -0.466 e. The predicted molar refractivity (Wildman–Crippen MR) is 106 cm³/mol. The first kappa shape index (κ1) is 20.5. The minimum atomic E-state index is -0.370. The van der Waals surface area contributed by atoms with Gasteiger partial charge in [0.25, 0.3) is 0 Å². The summed E-state index contributed by atoms with van der Waals surface area (Å²) in [5.41, 5.74) is 4.64. The molecule has 1 aromatic heterocycles. The van der Waals surface area contributed by atoms with Crippen molar-refractivity contribution >= 4 is 44.6 Å². The molecule has 0 bridgehead atoms. The Kier molecular flexibility index (Phi) is 6.88. The Morgan fingerprint density at radius 1 is 1.46 bits per heavy atom. The first-order chi connectivity index (χ1) is 12.2. The average molecular weight is 442 g/mol. The topological polar surface area (TPSA) is 63.6 Å². The third kappa shape index (κ3) is 5.60. The van der Waals surface area contributed by atoms with E-state index in [1.807, 2.05) is 0 Å². The molecule has 0 fully saturated rings. The first-order valence-corrected chi connectivity index (χ1v) is 9.76. The van der Waals surface area contributed by atoms with Gasteiger partial charge in [-0.25, -0.2) is 9.37 Å². The lowest BCUT2D eigenvalue weighted by molar-refractivity contribution is -0.142. The number of benzene rings is 1. The van der Waals surface area contributed by atoms with Gasteiger partial charge in [0.15, 0.2) is 0 Å². The first-order valence-electron chi connectivity index (χ1n) is 8.09. The van der Waals surface area contributed by atoms with Gasteiger partial charge in [0.1, 0.15) is 5.82 Å². The molecule has 0 spiro atoms. The van der Waals surface area contributed by atoms with Gasteiger partial charge in [-0.05, 0) is 46.0 Å². The van der Waals surface area contributed by atoms with E-state index in [2.05, 4.69) is 52.2 Å². The van der Waals surface area contributed by atoms with Gasteiger partial charge in [0.05, 0.1) is 29.4 Å². The van der Waals surface area contributed by atoms with Crippen LogP contribution in [0.2, 0.25) is 0 Å². The molecular formula is C18H21BrFN3O2S. The van der Waals surface area contributed by atoms with E-state index in [-0.39, 0.29) is 23.6 Å². The second-order valence-electron chi connectivity index (χ2n) is 6.61. The zero-order valence-corrected chi connectivity index (χ0v) is 17.5. The summed E-state index contributed by atoms with van der Waals surface area (Å²) >= 11 is 4.57. The number of hydrogen-bond donors (Lipinski definition) is 1. The van der Waals surface area contributed by atoms with Crippen LogP contribution in [0.5, 0.6) is 0 Å². The molecule has 8 heteroatoms. The van der Waals surface area contributed by atoms with E-state index < -0.39 is 0 Å². The average Bonchev–Trinajstić information content (AvgIpc) is 2.97. The molecule has 140 valence electrons. The highest BCUT2D eigenvalue weighted by atomic mass is 79.9. The molecule has 1 N–H and O–H groups in total. The molecule has 0 aliphatic heterocycles. The highest BCUT2D eigenvalue weighted by molar-refractivity contribution is 9.10. The fourth-order valence-electron chi connectivity index (χ4n) is 2.09. The van der Waals surface area contributed by atoms with Crippen LogP contribution in [0.1, 0.15) is 44.5 Å². The van der Waals surface area contributed by atoms with Gasteiger partial charge < -0.3 is 4.74 Å². The van der Waals surface area contributed by atoms with Crippen LogP contribution in [0.15, 0.2) is 27.1 Å². The van der Waals surface area contributed by atoms with E-state index in [1.54, 1.807) is 24.4 Å². The molecule has 1 aromatic carbocycles. The van der Waals surface area contributed by atoms with Crippen LogP contribution in [0.25, 0.3) is 0 Å². The number of halogens is 2. The van der Waals surface area contributed by atoms with Gasteiger partial charge in [-0.3, -0.25) is 10.2 Å². The maximum absolute atomic E-state index is 14.3. The van der Waals surface area contributed by atoms with Gasteiger partial charge in [-0.15, -0.1) is 11.3 Å². The number of hydrogen-bond acceptors (Lipinski definition) is 6. The van der Waals surface area contributed by atoms with Crippen molar-refractivity contribution in [2.24, 2.45) is 5.10 Å². The van der Waals surface area contributed by atoms with Crippen LogP contribution in [0.4, 0.5) is 9.52 Å². The summed E-state index contributed by atoms with van der Waals surface area (Å²) in [7, 11) is 0. The van der Waals surface area contributed by atoms with Crippen molar-refractivity contribution in [3.8, 4) is 0 Å². The molecule has 2 rings (SSSR count). The number of nitrogens with one attached hydrogen (secondary N) is 1.